The van der Waals surface area contributed by atoms with Crippen LogP contribution in [-0.4, -0.2) is 52.3 Å². The Hall–Kier alpha value is -2.44. The number of nitrogens with zero attached hydrogens (tertiary/aromatic N) is 3. The van der Waals surface area contributed by atoms with Crippen LogP contribution in [0.25, 0.3) is 0 Å². The highest BCUT2D eigenvalue weighted by molar-refractivity contribution is 6.08. The van der Waals surface area contributed by atoms with Crippen LogP contribution >= 0.6 is 0 Å². The molecule has 1 unspecified atom stereocenters. The summed E-state index contributed by atoms with van der Waals surface area (Å²) in [7, 11) is 0. The second kappa shape index (κ2) is 6.22. The molecule has 24 heavy (non-hydrogen) atoms. The second-order valence-corrected chi connectivity index (χ2v) is 6.72. The summed E-state index contributed by atoms with van der Waals surface area (Å²) >= 11 is 0. The average molecular weight is 330 g/mol. The molecule has 3 heterocycles. The van der Waals surface area contributed by atoms with Crippen LogP contribution in [-0.2, 0) is 15.1 Å². The molecule has 1 atom stereocenters. The van der Waals surface area contributed by atoms with E-state index in [-0.39, 0.29) is 12.5 Å². The van der Waals surface area contributed by atoms with Gasteiger partial charge in [-0.1, -0.05) is 13.0 Å². The van der Waals surface area contributed by atoms with Crippen molar-refractivity contribution < 1.29 is 14.4 Å². The van der Waals surface area contributed by atoms with E-state index in [1.165, 1.54) is 0 Å². The quantitative estimate of drug-likeness (QED) is 0.842. The Morgan fingerprint density at radius 1 is 1.33 bits per heavy atom. The van der Waals surface area contributed by atoms with Gasteiger partial charge in [-0.05, 0) is 37.8 Å². The summed E-state index contributed by atoms with van der Waals surface area (Å²) in [5.41, 5.74) is -0.764. The Morgan fingerprint density at radius 2 is 2.04 bits per heavy atom. The number of likely N-dealkylation sites (tertiary alicyclic amines) is 1. The Balaban J connectivity index is 1.72. The van der Waals surface area contributed by atoms with Gasteiger partial charge in [-0.2, -0.15) is 0 Å². The van der Waals surface area contributed by atoms with Gasteiger partial charge in [-0.25, -0.2) is 4.79 Å². The lowest BCUT2D eigenvalue weighted by Crippen LogP contribution is -2.46. The molecule has 2 saturated heterocycles. The lowest BCUT2D eigenvalue weighted by molar-refractivity contribution is -0.139. The number of hydrogen-bond donors (Lipinski definition) is 1. The van der Waals surface area contributed by atoms with Crippen molar-refractivity contribution in [2.75, 3.05) is 19.6 Å². The molecule has 0 spiro atoms. The number of imide groups is 1. The largest absolute Gasteiger partial charge is 0.341 e. The van der Waals surface area contributed by atoms with Crippen molar-refractivity contribution in [3.63, 3.8) is 0 Å². The van der Waals surface area contributed by atoms with Gasteiger partial charge in [0.25, 0.3) is 5.91 Å². The first-order valence-corrected chi connectivity index (χ1v) is 8.25. The van der Waals surface area contributed by atoms with E-state index in [1.807, 2.05) is 0 Å². The molecular weight excluding hydrogens is 308 g/mol. The first kappa shape index (κ1) is 16.4. The smallest absolute Gasteiger partial charge is 0.325 e. The predicted molar refractivity (Wildman–Crippen MR) is 86.8 cm³/mol. The molecular formula is C17H22N4O3. The minimum absolute atomic E-state index is 0.185. The molecule has 128 valence electrons. The van der Waals surface area contributed by atoms with Gasteiger partial charge in [0.15, 0.2) is 5.54 Å². The summed E-state index contributed by atoms with van der Waals surface area (Å²) in [6.45, 7) is 4.92. The van der Waals surface area contributed by atoms with Crippen LogP contribution in [0.3, 0.4) is 0 Å². The van der Waals surface area contributed by atoms with Crippen molar-refractivity contribution in [1.29, 1.82) is 0 Å². The first-order valence-electron chi connectivity index (χ1n) is 8.25. The number of aromatic nitrogens is 1. The maximum atomic E-state index is 12.7. The zero-order valence-corrected chi connectivity index (χ0v) is 14.0. The number of piperidine rings is 1. The number of rotatable bonds is 3. The number of urea groups is 1. The van der Waals surface area contributed by atoms with Crippen LogP contribution in [0.5, 0.6) is 0 Å². The van der Waals surface area contributed by atoms with E-state index >= 15 is 0 Å². The third-order valence-corrected chi connectivity index (χ3v) is 4.88. The molecule has 2 aliphatic rings. The molecule has 0 saturated carbocycles. The summed E-state index contributed by atoms with van der Waals surface area (Å²) in [4.78, 5) is 44.3. The highest BCUT2D eigenvalue weighted by Gasteiger charge is 2.50. The number of nitrogens with one attached hydrogen (secondary N) is 1. The van der Waals surface area contributed by atoms with E-state index in [1.54, 1.807) is 36.2 Å². The number of pyridine rings is 1. The molecule has 0 aromatic carbocycles. The number of amides is 4. The predicted octanol–water partition coefficient (Wildman–Crippen LogP) is 1.11. The molecule has 7 nitrogen and oxygen atoms in total. The number of carbonyl (C=O) groups is 3. The summed E-state index contributed by atoms with van der Waals surface area (Å²) in [6, 6.07) is 4.64. The van der Waals surface area contributed by atoms with Gasteiger partial charge < -0.3 is 10.2 Å². The van der Waals surface area contributed by atoms with Gasteiger partial charge in [0.05, 0.1) is 5.69 Å². The van der Waals surface area contributed by atoms with Crippen molar-refractivity contribution >= 4 is 17.8 Å². The highest BCUT2D eigenvalue weighted by Crippen LogP contribution is 2.27. The van der Waals surface area contributed by atoms with Crippen molar-refractivity contribution in [1.82, 2.24) is 20.1 Å². The van der Waals surface area contributed by atoms with Crippen LogP contribution < -0.4 is 5.32 Å². The van der Waals surface area contributed by atoms with Gasteiger partial charge >= 0.3 is 6.03 Å². The fourth-order valence-electron chi connectivity index (χ4n) is 3.17. The van der Waals surface area contributed by atoms with E-state index in [0.717, 1.165) is 17.7 Å². The maximum Gasteiger partial charge on any atom is 0.325 e. The third kappa shape index (κ3) is 2.86. The molecule has 7 heteroatoms. The van der Waals surface area contributed by atoms with Crippen LogP contribution in [0.15, 0.2) is 24.4 Å². The van der Waals surface area contributed by atoms with E-state index in [2.05, 4.69) is 17.2 Å². The summed E-state index contributed by atoms with van der Waals surface area (Å²) in [5.74, 6) is -0.0150. The van der Waals surface area contributed by atoms with E-state index in [0.29, 0.717) is 24.7 Å². The van der Waals surface area contributed by atoms with Gasteiger partial charge in [-0.15, -0.1) is 0 Å². The first-order chi connectivity index (χ1) is 11.4. The van der Waals surface area contributed by atoms with Crippen molar-refractivity contribution in [3.05, 3.63) is 30.1 Å². The van der Waals surface area contributed by atoms with Crippen LogP contribution in [0.2, 0.25) is 0 Å². The highest BCUT2D eigenvalue weighted by atomic mass is 16.2. The fourth-order valence-corrected chi connectivity index (χ4v) is 3.17. The van der Waals surface area contributed by atoms with Crippen molar-refractivity contribution in [2.45, 2.75) is 32.2 Å². The number of hydrogen-bond acceptors (Lipinski definition) is 4. The minimum atomic E-state index is -1.23. The van der Waals surface area contributed by atoms with Gasteiger partial charge in [-0.3, -0.25) is 19.5 Å². The van der Waals surface area contributed by atoms with Gasteiger partial charge in [0.2, 0.25) is 5.91 Å². The lowest BCUT2D eigenvalue weighted by atomic mass is 9.97. The SMILES string of the molecule is CC1CCN(C(=O)CN2C(=O)NC(C)(c3ccccn3)C2=O)CC1. The zero-order chi connectivity index (χ0) is 17.3. The monoisotopic (exact) mass is 330 g/mol. The Bertz CT molecular complexity index is 655. The Morgan fingerprint density at radius 3 is 2.67 bits per heavy atom. The van der Waals surface area contributed by atoms with Crippen LogP contribution in [0, 0.1) is 5.92 Å². The molecule has 0 radical (unpaired) electrons. The molecule has 4 amide bonds. The average Bonchev–Trinajstić information content (AvgIpc) is 2.80. The summed E-state index contributed by atoms with van der Waals surface area (Å²) in [5, 5.41) is 2.67. The molecule has 1 N–H and O–H groups in total. The topological polar surface area (TPSA) is 82.6 Å². The Kier molecular flexibility index (Phi) is 4.26. The number of carbonyl (C=O) groups excluding carboxylic acids is 3. The molecule has 0 aliphatic carbocycles. The lowest BCUT2D eigenvalue weighted by Gasteiger charge is -2.31. The fraction of sp³-hybridized carbons (Fsp3) is 0.529. The van der Waals surface area contributed by atoms with Crippen LogP contribution in [0.1, 0.15) is 32.4 Å². The zero-order valence-electron chi connectivity index (χ0n) is 14.0. The van der Waals surface area contributed by atoms with E-state index in [4.69, 9.17) is 0 Å². The van der Waals surface area contributed by atoms with E-state index < -0.39 is 17.5 Å². The standard InChI is InChI=1S/C17H22N4O3/c1-12-6-9-20(10-7-12)14(22)11-21-15(23)17(2,19-16(21)24)13-5-3-4-8-18-13/h3-5,8,12H,6-7,9-11H2,1-2H3,(H,19,24). The summed E-state index contributed by atoms with van der Waals surface area (Å²) in [6.07, 6.45) is 3.48. The van der Waals surface area contributed by atoms with Gasteiger partial charge in [0, 0.05) is 19.3 Å². The van der Waals surface area contributed by atoms with Crippen molar-refractivity contribution in [2.24, 2.45) is 5.92 Å². The van der Waals surface area contributed by atoms with Crippen LogP contribution in [0.4, 0.5) is 4.79 Å². The summed E-state index contributed by atoms with van der Waals surface area (Å²) < 4.78 is 0. The normalized spacial score (nSPS) is 25.1. The molecule has 2 fully saturated rings. The Labute approximate surface area is 141 Å². The third-order valence-electron chi connectivity index (χ3n) is 4.88. The molecule has 0 bridgehead atoms. The molecule has 3 rings (SSSR count). The van der Waals surface area contributed by atoms with E-state index in [9.17, 15) is 14.4 Å². The molecule has 2 aliphatic heterocycles. The second-order valence-electron chi connectivity index (χ2n) is 6.72. The minimum Gasteiger partial charge on any atom is -0.341 e. The molecule has 1 aromatic rings. The maximum absolute atomic E-state index is 12.7. The van der Waals surface area contributed by atoms with Gasteiger partial charge in [0.1, 0.15) is 6.54 Å². The molecule has 1 aromatic heterocycles. The van der Waals surface area contributed by atoms with Crippen molar-refractivity contribution in [3.8, 4) is 0 Å².